The number of hydrogen-bond acceptors (Lipinski definition) is 5. The molecule has 0 aliphatic heterocycles. The fourth-order valence-electron chi connectivity index (χ4n) is 1.95. The summed E-state index contributed by atoms with van der Waals surface area (Å²) in [4.78, 5) is 23.6. The Kier molecular flexibility index (Phi) is 5.57. The van der Waals surface area contributed by atoms with Crippen LogP contribution in [-0.2, 0) is 4.79 Å². The molecule has 2 aromatic rings. The normalized spacial score (nSPS) is 10.5. The van der Waals surface area contributed by atoms with Crippen LogP contribution in [0.1, 0.15) is 15.9 Å². The van der Waals surface area contributed by atoms with E-state index in [1.165, 1.54) is 43.5 Å². The number of nitrogens with one attached hydrogen (secondary N) is 1. The van der Waals surface area contributed by atoms with Crippen LogP contribution in [0.5, 0.6) is 17.2 Å². The van der Waals surface area contributed by atoms with Crippen molar-refractivity contribution in [2.45, 2.75) is 0 Å². The average molecular weight is 327 g/mol. The number of benzene rings is 2. The van der Waals surface area contributed by atoms with Crippen LogP contribution >= 0.6 is 0 Å². The highest BCUT2D eigenvalue weighted by Crippen LogP contribution is 2.26. The molecule has 24 heavy (non-hydrogen) atoms. The first kappa shape index (κ1) is 17.1. The second-order valence-electron chi connectivity index (χ2n) is 4.95. The molecular weight excluding hydrogens is 310 g/mol. The standard InChI is InChI=1S/C18H17NO5/c1-24-17-10-12(2-8-15(17)21)3-9-18(23)19-11-16(22)13-4-6-14(20)7-5-13/h2-10,20-21H,11H2,1H3,(H,19,23)/b9-3-. The Morgan fingerprint density at radius 1 is 1.12 bits per heavy atom. The van der Waals surface area contributed by atoms with Crippen molar-refractivity contribution in [1.82, 2.24) is 5.32 Å². The van der Waals surface area contributed by atoms with Gasteiger partial charge in [-0.1, -0.05) is 6.07 Å². The smallest absolute Gasteiger partial charge is 0.244 e. The van der Waals surface area contributed by atoms with Crippen LogP contribution in [-0.4, -0.2) is 35.6 Å². The number of methoxy groups -OCH3 is 1. The molecule has 0 heterocycles. The van der Waals surface area contributed by atoms with Crippen molar-refractivity contribution in [1.29, 1.82) is 0 Å². The highest BCUT2D eigenvalue weighted by molar-refractivity contribution is 6.01. The van der Waals surface area contributed by atoms with Gasteiger partial charge >= 0.3 is 0 Å². The minimum atomic E-state index is -0.422. The molecule has 0 aromatic heterocycles. The SMILES string of the molecule is COc1cc(/C=C\C(=O)NCC(=O)c2ccc(O)cc2)ccc1O. The second-order valence-corrected chi connectivity index (χ2v) is 4.95. The van der Waals surface area contributed by atoms with E-state index in [2.05, 4.69) is 5.32 Å². The van der Waals surface area contributed by atoms with E-state index in [1.54, 1.807) is 18.2 Å². The second kappa shape index (κ2) is 7.82. The highest BCUT2D eigenvalue weighted by atomic mass is 16.5. The Morgan fingerprint density at radius 2 is 1.83 bits per heavy atom. The molecule has 0 aliphatic carbocycles. The van der Waals surface area contributed by atoms with Gasteiger partial charge in [0.2, 0.25) is 5.91 Å². The van der Waals surface area contributed by atoms with E-state index in [-0.39, 0.29) is 23.8 Å². The van der Waals surface area contributed by atoms with Gasteiger partial charge in [0.1, 0.15) is 5.75 Å². The Labute approximate surface area is 139 Å². The summed E-state index contributed by atoms with van der Waals surface area (Å²) in [7, 11) is 1.43. The van der Waals surface area contributed by atoms with Gasteiger partial charge < -0.3 is 20.3 Å². The lowest BCUT2D eigenvalue weighted by atomic mass is 10.1. The van der Waals surface area contributed by atoms with Crippen molar-refractivity contribution in [2.24, 2.45) is 0 Å². The van der Waals surface area contributed by atoms with Gasteiger partial charge in [-0.15, -0.1) is 0 Å². The van der Waals surface area contributed by atoms with E-state index in [0.717, 1.165) is 0 Å². The average Bonchev–Trinajstić information content (AvgIpc) is 2.59. The van der Waals surface area contributed by atoms with Crippen molar-refractivity contribution in [3.05, 3.63) is 59.7 Å². The van der Waals surface area contributed by atoms with Gasteiger partial charge in [0.05, 0.1) is 13.7 Å². The number of carbonyl (C=O) groups is 2. The lowest BCUT2D eigenvalue weighted by Crippen LogP contribution is -2.27. The van der Waals surface area contributed by atoms with Crippen molar-refractivity contribution >= 4 is 17.8 Å². The van der Waals surface area contributed by atoms with Crippen LogP contribution in [0.15, 0.2) is 48.5 Å². The van der Waals surface area contributed by atoms with Gasteiger partial charge in [-0.25, -0.2) is 0 Å². The molecule has 3 N–H and O–H groups in total. The molecule has 6 nitrogen and oxygen atoms in total. The van der Waals surface area contributed by atoms with E-state index < -0.39 is 5.91 Å². The molecule has 0 spiro atoms. The van der Waals surface area contributed by atoms with Gasteiger partial charge in [-0.2, -0.15) is 0 Å². The van der Waals surface area contributed by atoms with E-state index in [0.29, 0.717) is 16.9 Å². The summed E-state index contributed by atoms with van der Waals surface area (Å²) in [6, 6.07) is 10.5. The zero-order valence-electron chi connectivity index (χ0n) is 13.0. The summed E-state index contributed by atoms with van der Waals surface area (Å²) in [5.74, 6) is -0.293. The third kappa shape index (κ3) is 4.61. The molecule has 1 amide bonds. The number of phenols is 2. The van der Waals surface area contributed by atoms with Gasteiger partial charge in [0.15, 0.2) is 17.3 Å². The summed E-state index contributed by atoms with van der Waals surface area (Å²) in [6.45, 7) is -0.146. The number of phenolic OH excluding ortho intramolecular Hbond substituents is 2. The van der Waals surface area contributed by atoms with Crippen LogP contribution in [0.4, 0.5) is 0 Å². The molecule has 6 heteroatoms. The maximum atomic E-state index is 11.9. The molecule has 0 unspecified atom stereocenters. The van der Waals surface area contributed by atoms with Gasteiger partial charge in [0, 0.05) is 11.6 Å². The number of rotatable bonds is 6. The first-order chi connectivity index (χ1) is 11.5. The number of amides is 1. The van der Waals surface area contributed by atoms with E-state index in [1.807, 2.05) is 0 Å². The minimum absolute atomic E-state index is 0.0126. The molecule has 0 bridgehead atoms. The molecule has 0 atom stereocenters. The minimum Gasteiger partial charge on any atom is -0.508 e. The van der Waals surface area contributed by atoms with Crippen molar-refractivity contribution in [3.8, 4) is 17.2 Å². The molecule has 0 saturated heterocycles. The van der Waals surface area contributed by atoms with Crippen molar-refractivity contribution in [3.63, 3.8) is 0 Å². The number of ketones is 1. The maximum absolute atomic E-state index is 11.9. The fourth-order valence-corrected chi connectivity index (χ4v) is 1.95. The Balaban J connectivity index is 1.91. The third-order valence-electron chi connectivity index (χ3n) is 3.24. The summed E-state index contributed by atoms with van der Waals surface area (Å²) in [6.07, 6.45) is 2.83. The molecule has 2 rings (SSSR count). The molecule has 124 valence electrons. The van der Waals surface area contributed by atoms with Crippen LogP contribution in [0.25, 0.3) is 6.08 Å². The Morgan fingerprint density at radius 3 is 2.50 bits per heavy atom. The number of carbonyl (C=O) groups excluding carboxylic acids is 2. The maximum Gasteiger partial charge on any atom is 0.244 e. The first-order valence-electron chi connectivity index (χ1n) is 7.15. The lowest BCUT2D eigenvalue weighted by molar-refractivity contribution is -0.116. The van der Waals surface area contributed by atoms with Crippen LogP contribution in [0, 0.1) is 0 Å². The van der Waals surface area contributed by atoms with Gasteiger partial charge in [0.25, 0.3) is 0 Å². The first-order valence-corrected chi connectivity index (χ1v) is 7.15. The topological polar surface area (TPSA) is 95.9 Å². The molecule has 0 fully saturated rings. The predicted octanol–water partition coefficient (Wildman–Crippen LogP) is 2.12. The molecule has 2 aromatic carbocycles. The summed E-state index contributed by atoms with van der Waals surface area (Å²) in [5, 5.41) is 21.2. The van der Waals surface area contributed by atoms with E-state index in [9.17, 15) is 19.8 Å². The quantitative estimate of drug-likeness (QED) is 0.558. The van der Waals surface area contributed by atoms with E-state index >= 15 is 0 Å². The molecular formula is C18H17NO5. The Bertz CT molecular complexity index is 765. The van der Waals surface area contributed by atoms with Gasteiger partial charge in [-0.3, -0.25) is 9.59 Å². The number of ether oxygens (including phenoxy) is 1. The lowest BCUT2D eigenvalue weighted by Gasteiger charge is -2.04. The molecule has 0 saturated carbocycles. The summed E-state index contributed by atoms with van der Waals surface area (Å²) in [5.41, 5.74) is 1.07. The monoisotopic (exact) mass is 327 g/mol. The predicted molar refractivity (Wildman–Crippen MR) is 89.1 cm³/mol. The van der Waals surface area contributed by atoms with Crippen molar-refractivity contribution < 1.29 is 24.5 Å². The molecule has 0 aliphatic rings. The summed E-state index contributed by atoms with van der Waals surface area (Å²) >= 11 is 0. The largest absolute Gasteiger partial charge is 0.508 e. The number of hydrogen-bond donors (Lipinski definition) is 3. The molecule has 0 radical (unpaired) electrons. The zero-order valence-corrected chi connectivity index (χ0v) is 13.0. The van der Waals surface area contributed by atoms with Crippen molar-refractivity contribution in [2.75, 3.05) is 13.7 Å². The number of Topliss-reactive ketones (excluding diaryl/α,β-unsaturated/α-hetero) is 1. The number of aromatic hydroxyl groups is 2. The van der Waals surface area contributed by atoms with Crippen LogP contribution in [0.3, 0.4) is 0 Å². The fraction of sp³-hybridized carbons (Fsp3) is 0.111. The van der Waals surface area contributed by atoms with Crippen LogP contribution < -0.4 is 10.1 Å². The summed E-state index contributed by atoms with van der Waals surface area (Å²) < 4.78 is 4.98. The highest BCUT2D eigenvalue weighted by Gasteiger charge is 2.07. The zero-order chi connectivity index (χ0) is 17.5. The Hall–Kier alpha value is -3.28. The van der Waals surface area contributed by atoms with E-state index in [4.69, 9.17) is 4.74 Å². The van der Waals surface area contributed by atoms with Gasteiger partial charge in [-0.05, 0) is 48.0 Å². The third-order valence-corrected chi connectivity index (χ3v) is 3.24. The van der Waals surface area contributed by atoms with Crippen LogP contribution in [0.2, 0.25) is 0 Å².